The molecule has 0 saturated carbocycles. The van der Waals surface area contributed by atoms with Crippen LogP contribution in [0.2, 0.25) is 0 Å². The fourth-order valence-electron chi connectivity index (χ4n) is 2.98. The summed E-state index contributed by atoms with van der Waals surface area (Å²) in [4.78, 5) is 39.0. The third kappa shape index (κ3) is 4.06. The van der Waals surface area contributed by atoms with Crippen LogP contribution in [0.3, 0.4) is 0 Å². The molecule has 0 aliphatic heterocycles. The van der Waals surface area contributed by atoms with Gasteiger partial charge >= 0.3 is 0 Å². The smallest absolute Gasteiger partial charge is 0.258 e. The molecule has 2 heterocycles. The van der Waals surface area contributed by atoms with E-state index >= 15 is 0 Å². The van der Waals surface area contributed by atoms with Crippen molar-refractivity contribution >= 4 is 22.7 Å². The molecular formula is C21H18N4O4S. The first-order valence-electron chi connectivity index (χ1n) is 9.02. The third-order valence-electron chi connectivity index (χ3n) is 4.39. The predicted molar refractivity (Wildman–Crippen MR) is 115 cm³/mol. The monoisotopic (exact) mass is 422 g/mol. The zero-order valence-electron chi connectivity index (χ0n) is 16.3. The molecule has 0 amide bonds. The van der Waals surface area contributed by atoms with E-state index in [2.05, 4.69) is 19.9 Å². The number of hydrogen-bond donors (Lipinski definition) is 2. The van der Waals surface area contributed by atoms with E-state index in [0.29, 0.717) is 44.8 Å². The summed E-state index contributed by atoms with van der Waals surface area (Å²) < 4.78 is 10.5. The average molecular weight is 422 g/mol. The van der Waals surface area contributed by atoms with Crippen LogP contribution in [0, 0.1) is 0 Å². The van der Waals surface area contributed by atoms with Crippen LogP contribution in [-0.2, 0) is 5.75 Å². The zero-order chi connectivity index (χ0) is 21.1. The molecule has 2 N–H and O–H groups in total. The molecule has 0 radical (unpaired) electrons. The lowest BCUT2D eigenvalue weighted by atomic mass is 10.1. The quantitative estimate of drug-likeness (QED) is 0.363. The molecule has 30 heavy (non-hydrogen) atoms. The number of thioether (sulfide) groups is 1. The van der Waals surface area contributed by atoms with E-state index in [1.54, 1.807) is 12.1 Å². The largest absolute Gasteiger partial charge is 0.493 e. The van der Waals surface area contributed by atoms with Crippen LogP contribution in [-0.4, -0.2) is 34.2 Å². The third-order valence-corrected chi connectivity index (χ3v) is 5.28. The maximum atomic E-state index is 12.5. The van der Waals surface area contributed by atoms with Crippen molar-refractivity contribution in [2.75, 3.05) is 14.2 Å². The molecule has 0 aliphatic rings. The minimum absolute atomic E-state index is 0.247. The van der Waals surface area contributed by atoms with Crippen molar-refractivity contribution < 1.29 is 9.47 Å². The zero-order valence-corrected chi connectivity index (χ0v) is 17.1. The molecule has 2 aromatic heterocycles. The van der Waals surface area contributed by atoms with Gasteiger partial charge in [0.1, 0.15) is 5.82 Å². The van der Waals surface area contributed by atoms with Crippen molar-refractivity contribution in [2.24, 2.45) is 0 Å². The number of nitrogens with zero attached hydrogens (tertiary/aromatic N) is 2. The molecule has 0 atom stereocenters. The van der Waals surface area contributed by atoms with Gasteiger partial charge in [-0.25, -0.2) is 9.97 Å². The lowest BCUT2D eigenvalue weighted by molar-refractivity contribution is 0.355. The molecule has 4 aromatic rings. The average Bonchev–Trinajstić information content (AvgIpc) is 2.77. The maximum Gasteiger partial charge on any atom is 0.258 e. The van der Waals surface area contributed by atoms with Gasteiger partial charge in [0.05, 0.1) is 36.6 Å². The van der Waals surface area contributed by atoms with Crippen LogP contribution in [0.5, 0.6) is 11.5 Å². The van der Waals surface area contributed by atoms with E-state index in [0.717, 1.165) is 5.56 Å². The van der Waals surface area contributed by atoms with Crippen LogP contribution in [0.15, 0.2) is 63.3 Å². The van der Waals surface area contributed by atoms with Gasteiger partial charge in [0.15, 0.2) is 16.7 Å². The number of methoxy groups -OCH3 is 2. The number of hydrogen-bond acceptors (Lipinski definition) is 7. The lowest BCUT2D eigenvalue weighted by Gasteiger charge is -2.09. The number of H-pyrrole nitrogens is 2. The Bertz CT molecular complexity index is 1320. The van der Waals surface area contributed by atoms with E-state index < -0.39 is 0 Å². The Balaban J connectivity index is 1.63. The SMILES string of the molecule is COc1cc2nc(CSc3nc(-c4ccccc4)cc(=O)[nH]3)[nH]c(=O)c2cc1OC. The van der Waals surface area contributed by atoms with E-state index in [9.17, 15) is 9.59 Å². The maximum absolute atomic E-state index is 12.5. The predicted octanol–water partition coefficient (Wildman–Crippen LogP) is 2.98. The van der Waals surface area contributed by atoms with Crippen molar-refractivity contribution in [3.8, 4) is 22.8 Å². The molecule has 0 bridgehead atoms. The molecule has 4 rings (SSSR count). The van der Waals surface area contributed by atoms with Gasteiger partial charge < -0.3 is 19.4 Å². The van der Waals surface area contributed by atoms with Crippen LogP contribution in [0.25, 0.3) is 22.2 Å². The molecule has 9 heteroatoms. The highest BCUT2D eigenvalue weighted by atomic mass is 32.2. The van der Waals surface area contributed by atoms with E-state index in [-0.39, 0.29) is 11.1 Å². The van der Waals surface area contributed by atoms with Crippen molar-refractivity contribution in [3.05, 3.63) is 75.1 Å². The molecule has 0 aliphatic carbocycles. The first kappa shape index (κ1) is 19.7. The normalized spacial score (nSPS) is 10.9. The van der Waals surface area contributed by atoms with E-state index in [1.165, 1.54) is 32.0 Å². The summed E-state index contributed by atoms with van der Waals surface area (Å²) in [7, 11) is 3.03. The molecule has 2 aromatic carbocycles. The summed E-state index contributed by atoms with van der Waals surface area (Å²) >= 11 is 1.28. The Kier molecular flexibility index (Phi) is 5.53. The second-order valence-corrected chi connectivity index (χ2v) is 7.29. The Labute approximate surface area is 175 Å². The molecule has 0 unspecified atom stereocenters. The van der Waals surface area contributed by atoms with Gasteiger partial charge in [-0.1, -0.05) is 42.1 Å². The second-order valence-electron chi connectivity index (χ2n) is 6.33. The van der Waals surface area contributed by atoms with Crippen molar-refractivity contribution in [3.63, 3.8) is 0 Å². The fraction of sp³-hybridized carbons (Fsp3) is 0.143. The number of aromatic nitrogens is 4. The van der Waals surface area contributed by atoms with Crippen molar-refractivity contribution in [1.82, 2.24) is 19.9 Å². The topological polar surface area (TPSA) is 110 Å². The minimum Gasteiger partial charge on any atom is -0.493 e. The number of aromatic amines is 2. The van der Waals surface area contributed by atoms with Gasteiger partial charge in [-0.2, -0.15) is 0 Å². The van der Waals surface area contributed by atoms with Gasteiger partial charge in [-0.15, -0.1) is 0 Å². The van der Waals surface area contributed by atoms with Gasteiger partial charge in [0.25, 0.3) is 11.1 Å². The second kappa shape index (κ2) is 8.42. The molecule has 0 spiro atoms. The summed E-state index contributed by atoms with van der Waals surface area (Å²) in [6.07, 6.45) is 0. The van der Waals surface area contributed by atoms with Crippen LogP contribution >= 0.6 is 11.8 Å². The molecule has 0 fully saturated rings. The molecule has 8 nitrogen and oxygen atoms in total. The Morgan fingerprint density at radius 2 is 1.67 bits per heavy atom. The van der Waals surface area contributed by atoms with Crippen molar-refractivity contribution in [2.45, 2.75) is 10.9 Å². The van der Waals surface area contributed by atoms with E-state index in [4.69, 9.17) is 9.47 Å². The van der Waals surface area contributed by atoms with Gasteiger partial charge in [-0.05, 0) is 6.07 Å². The summed E-state index contributed by atoms with van der Waals surface area (Å²) in [6.45, 7) is 0. The number of benzene rings is 2. The number of nitrogens with one attached hydrogen (secondary N) is 2. The summed E-state index contributed by atoms with van der Waals surface area (Å²) in [5.41, 5.74) is 1.40. The Hall–Kier alpha value is -3.59. The summed E-state index contributed by atoms with van der Waals surface area (Å²) in [6, 6.07) is 14.2. The first-order chi connectivity index (χ1) is 14.6. The number of rotatable bonds is 6. The van der Waals surface area contributed by atoms with Crippen molar-refractivity contribution in [1.29, 1.82) is 0 Å². The van der Waals surface area contributed by atoms with Crippen LogP contribution in [0.4, 0.5) is 0 Å². The lowest BCUT2D eigenvalue weighted by Crippen LogP contribution is -2.12. The number of fused-ring (bicyclic) bond motifs is 1. The minimum atomic E-state index is -0.281. The summed E-state index contributed by atoms with van der Waals surface area (Å²) in [5, 5.41) is 0.843. The standard InChI is InChI=1S/C21H18N4O4S/c1-28-16-8-13-15(9-17(16)29-2)22-18(24-20(13)27)11-30-21-23-14(10-19(26)25-21)12-6-4-3-5-7-12/h3-10H,11H2,1-2H3,(H,22,24,27)(H,23,25,26). The highest BCUT2D eigenvalue weighted by Crippen LogP contribution is 2.30. The highest BCUT2D eigenvalue weighted by molar-refractivity contribution is 7.98. The Morgan fingerprint density at radius 1 is 0.933 bits per heavy atom. The van der Waals surface area contributed by atoms with Gasteiger partial charge in [-0.3, -0.25) is 9.59 Å². The molecule has 0 saturated heterocycles. The first-order valence-corrected chi connectivity index (χ1v) is 10.0. The number of ether oxygens (including phenoxy) is 2. The van der Waals surface area contributed by atoms with Crippen LogP contribution < -0.4 is 20.6 Å². The van der Waals surface area contributed by atoms with E-state index in [1.807, 2.05) is 30.3 Å². The summed E-state index contributed by atoms with van der Waals surface area (Å²) in [5.74, 6) is 1.72. The van der Waals surface area contributed by atoms with Gasteiger partial charge in [0.2, 0.25) is 0 Å². The molecular weight excluding hydrogens is 404 g/mol. The van der Waals surface area contributed by atoms with Gasteiger partial charge in [0, 0.05) is 17.7 Å². The highest BCUT2D eigenvalue weighted by Gasteiger charge is 2.12. The molecule has 152 valence electrons. The Morgan fingerprint density at radius 3 is 2.40 bits per heavy atom. The van der Waals surface area contributed by atoms with Crippen LogP contribution in [0.1, 0.15) is 5.82 Å². The fourth-order valence-corrected chi connectivity index (χ4v) is 3.73.